The first kappa shape index (κ1) is 8.73. The van der Waals surface area contributed by atoms with Gasteiger partial charge in [0.05, 0.1) is 0 Å². The molecule has 5 nitrogen and oxygen atoms in total. The molecule has 0 amide bonds. The highest BCUT2D eigenvalue weighted by Gasteiger charge is 2.37. The highest BCUT2D eigenvalue weighted by atomic mass is 19.4. The fourth-order valence-electron chi connectivity index (χ4n) is 0.980. The Balaban J connectivity index is 2.73. The van der Waals surface area contributed by atoms with Crippen molar-refractivity contribution in [2.75, 3.05) is 5.73 Å². The molecule has 0 aliphatic rings. The zero-order valence-corrected chi connectivity index (χ0v) is 6.65. The van der Waals surface area contributed by atoms with Gasteiger partial charge in [-0.3, -0.25) is 0 Å². The van der Waals surface area contributed by atoms with Crippen LogP contribution in [-0.4, -0.2) is 19.8 Å². The number of nitrogens with two attached hydrogens (primary N) is 1. The van der Waals surface area contributed by atoms with E-state index < -0.39 is 12.0 Å². The average Bonchev–Trinajstić information content (AvgIpc) is 2.45. The third-order valence-electron chi connectivity index (χ3n) is 1.54. The summed E-state index contributed by atoms with van der Waals surface area (Å²) in [6.45, 7) is 0. The van der Waals surface area contributed by atoms with Gasteiger partial charge in [0.15, 0.2) is 5.65 Å². The van der Waals surface area contributed by atoms with E-state index in [1.165, 1.54) is 12.1 Å². The summed E-state index contributed by atoms with van der Waals surface area (Å²) in [7, 11) is 0. The molecule has 0 radical (unpaired) electrons. The largest absolute Gasteiger partial charge is 0.453 e. The molecule has 0 bridgehead atoms. The van der Waals surface area contributed by atoms with Gasteiger partial charge in [-0.15, -0.1) is 15.3 Å². The van der Waals surface area contributed by atoms with Gasteiger partial charge in [0.1, 0.15) is 5.82 Å². The normalized spacial score (nSPS) is 12.2. The highest BCUT2D eigenvalue weighted by molar-refractivity contribution is 5.41. The van der Waals surface area contributed by atoms with Crippen LogP contribution in [0.25, 0.3) is 5.65 Å². The molecule has 0 aliphatic carbocycles. The number of anilines is 1. The van der Waals surface area contributed by atoms with Gasteiger partial charge in [-0.05, 0) is 12.1 Å². The van der Waals surface area contributed by atoms with E-state index in [0.29, 0.717) is 4.52 Å². The summed E-state index contributed by atoms with van der Waals surface area (Å²) in [6.07, 6.45) is -4.58. The van der Waals surface area contributed by atoms with Gasteiger partial charge in [-0.2, -0.15) is 17.7 Å². The lowest BCUT2D eigenvalue weighted by Crippen LogP contribution is -2.13. The van der Waals surface area contributed by atoms with Crippen molar-refractivity contribution in [1.29, 1.82) is 0 Å². The van der Waals surface area contributed by atoms with E-state index in [1.54, 1.807) is 0 Å². The molecule has 2 aromatic rings. The first-order valence-electron chi connectivity index (χ1n) is 3.53. The molecule has 8 heteroatoms. The van der Waals surface area contributed by atoms with Gasteiger partial charge < -0.3 is 5.73 Å². The summed E-state index contributed by atoms with van der Waals surface area (Å²) in [5.74, 6) is -1.21. The molecular weight excluding hydrogens is 199 g/mol. The van der Waals surface area contributed by atoms with Crippen molar-refractivity contribution in [3.63, 3.8) is 0 Å². The van der Waals surface area contributed by atoms with E-state index in [0.717, 1.165) is 0 Å². The summed E-state index contributed by atoms with van der Waals surface area (Å²) < 4.78 is 37.4. The Morgan fingerprint density at radius 2 is 1.93 bits per heavy atom. The summed E-state index contributed by atoms with van der Waals surface area (Å²) in [6, 6.07) is 2.66. The van der Waals surface area contributed by atoms with Crippen molar-refractivity contribution in [3.05, 3.63) is 18.0 Å². The molecular formula is C6H4F3N5. The lowest BCUT2D eigenvalue weighted by atomic mass is 10.5. The molecule has 14 heavy (non-hydrogen) atoms. The van der Waals surface area contributed by atoms with Crippen LogP contribution < -0.4 is 5.73 Å². The second-order valence-electron chi connectivity index (χ2n) is 2.55. The Morgan fingerprint density at radius 1 is 1.21 bits per heavy atom. The predicted octanol–water partition coefficient (Wildman–Crippen LogP) is 0.725. The highest BCUT2D eigenvalue weighted by Crippen LogP contribution is 2.27. The Bertz CT molecular complexity index is 474. The van der Waals surface area contributed by atoms with Crippen LogP contribution in [0, 0.1) is 0 Å². The molecule has 74 valence electrons. The minimum absolute atomic E-state index is 0.00604. The van der Waals surface area contributed by atoms with E-state index in [1.807, 2.05) is 0 Å². The standard InChI is InChI=1S/C6H4F3N5/c7-6(8,9)5-12-11-4-2-1-3(10)13-14(4)5/h1-2H,(H2,10,13). The maximum absolute atomic E-state index is 12.3. The van der Waals surface area contributed by atoms with Crippen molar-refractivity contribution in [3.8, 4) is 0 Å². The fraction of sp³-hybridized carbons (Fsp3) is 0.167. The molecule has 2 heterocycles. The van der Waals surface area contributed by atoms with Crippen LogP contribution in [0.4, 0.5) is 19.0 Å². The average molecular weight is 203 g/mol. The Hall–Kier alpha value is -1.86. The van der Waals surface area contributed by atoms with Crippen molar-refractivity contribution in [2.45, 2.75) is 6.18 Å². The maximum atomic E-state index is 12.3. The van der Waals surface area contributed by atoms with Crippen molar-refractivity contribution < 1.29 is 13.2 Å². The topological polar surface area (TPSA) is 69.1 Å². The van der Waals surface area contributed by atoms with Crippen molar-refractivity contribution in [1.82, 2.24) is 19.8 Å². The summed E-state index contributed by atoms with van der Waals surface area (Å²) in [5, 5.41) is 9.73. The molecule has 2 N–H and O–H groups in total. The predicted molar refractivity (Wildman–Crippen MR) is 40.2 cm³/mol. The van der Waals surface area contributed by atoms with Crippen LogP contribution in [-0.2, 0) is 6.18 Å². The smallest absolute Gasteiger partial charge is 0.382 e. The SMILES string of the molecule is Nc1ccc2nnc(C(F)(F)F)n2n1. The molecule has 0 aliphatic heterocycles. The van der Waals surface area contributed by atoms with Gasteiger partial charge in [-0.1, -0.05) is 0 Å². The van der Waals surface area contributed by atoms with Crippen LogP contribution in [0.15, 0.2) is 12.1 Å². The zero-order chi connectivity index (χ0) is 10.3. The molecule has 0 fully saturated rings. The maximum Gasteiger partial charge on any atom is 0.453 e. The lowest BCUT2D eigenvalue weighted by molar-refractivity contribution is -0.146. The van der Waals surface area contributed by atoms with Crippen LogP contribution in [0.2, 0.25) is 0 Å². The molecule has 0 saturated carbocycles. The van der Waals surface area contributed by atoms with Crippen molar-refractivity contribution >= 4 is 11.5 Å². The number of nitrogens with zero attached hydrogens (tertiary/aromatic N) is 4. The van der Waals surface area contributed by atoms with E-state index in [4.69, 9.17) is 5.73 Å². The minimum Gasteiger partial charge on any atom is -0.382 e. The van der Waals surface area contributed by atoms with Gasteiger partial charge in [0.25, 0.3) is 5.82 Å². The van der Waals surface area contributed by atoms with Gasteiger partial charge in [-0.25, -0.2) is 0 Å². The molecule has 0 saturated heterocycles. The monoisotopic (exact) mass is 203 g/mol. The lowest BCUT2D eigenvalue weighted by Gasteiger charge is -2.02. The number of alkyl halides is 3. The fourth-order valence-corrected chi connectivity index (χ4v) is 0.980. The number of fused-ring (bicyclic) bond motifs is 1. The molecule has 0 unspecified atom stereocenters. The Labute approximate surface area is 75.3 Å². The van der Waals surface area contributed by atoms with E-state index in [2.05, 4.69) is 15.3 Å². The molecule has 0 atom stereocenters. The number of hydrogen-bond acceptors (Lipinski definition) is 4. The van der Waals surface area contributed by atoms with Gasteiger partial charge >= 0.3 is 6.18 Å². The molecule has 0 aromatic carbocycles. The van der Waals surface area contributed by atoms with E-state index in [-0.39, 0.29) is 11.5 Å². The zero-order valence-electron chi connectivity index (χ0n) is 6.65. The summed E-state index contributed by atoms with van der Waals surface area (Å²) in [5.41, 5.74) is 5.25. The van der Waals surface area contributed by atoms with Gasteiger partial charge in [0.2, 0.25) is 0 Å². The van der Waals surface area contributed by atoms with Crippen molar-refractivity contribution in [2.24, 2.45) is 0 Å². The van der Waals surface area contributed by atoms with Crippen LogP contribution in [0.5, 0.6) is 0 Å². The Morgan fingerprint density at radius 3 is 2.57 bits per heavy atom. The number of halogens is 3. The third-order valence-corrected chi connectivity index (χ3v) is 1.54. The number of nitrogen functional groups attached to an aromatic ring is 1. The number of aromatic nitrogens is 4. The second kappa shape index (κ2) is 2.56. The number of hydrogen-bond donors (Lipinski definition) is 1. The van der Waals surface area contributed by atoms with E-state index >= 15 is 0 Å². The number of rotatable bonds is 0. The Kier molecular flexibility index (Phi) is 1.60. The molecule has 2 aromatic heterocycles. The summed E-state index contributed by atoms with van der Waals surface area (Å²) >= 11 is 0. The van der Waals surface area contributed by atoms with Crippen LogP contribution >= 0.6 is 0 Å². The second-order valence-corrected chi connectivity index (χ2v) is 2.55. The summed E-state index contributed by atoms with van der Waals surface area (Å²) in [4.78, 5) is 0. The third kappa shape index (κ3) is 1.24. The first-order chi connectivity index (χ1) is 6.48. The quantitative estimate of drug-likeness (QED) is 0.685. The molecule has 0 spiro atoms. The van der Waals surface area contributed by atoms with E-state index in [9.17, 15) is 13.2 Å². The first-order valence-corrected chi connectivity index (χ1v) is 3.53. The van der Waals surface area contributed by atoms with Crippen LogP contribution in [0.1, 0.15) is 5.82 Å². The van der Waals surface area contributed by atoms with Crippen LogP contribution in [0.3, 0.4) is 0 Å². The molecule has 2 rings (SSSR count). The minimum atomic E-state index is -4.58. The van der Waals surface area contributed by atoms with Gasteiger partial charge in [0, 0.05) is 0 Å².